The Kier molecular flexibility index (Phi) is 4.51. The normalized spacial score (nSPS) is 12.2. The van der Waals surface area contributed by atoms with Crippen LogP contribution >= 0.6 is 0 Å². The minimum Gasteiger partial charge on any atom is -0.434 e. The molecule has 112 valence electrons. The van der Waals surface area contributed by atoms with Gasteiger partial charge in [-0.1, -0.05) is 0 Å². The highest BCUT2D eigenvalue weighted by atomic mass is 19.4. The van der Waals surface area contributed by atoms with Crippen molar-refractivity contribution in [3.05, 3.63) is 29.3 Å². The number of halogens is 6. The molecule has 0 N–H and O–H groups in total. The summed E-state index contributed by atoms with van der Waals surface area (Å²) in [5.41, 5.74) is -3.15. The molecule has 0 aliphatic carbocycles. The van der Waals surface area contributed by atoms with Crippen LogP contribution in [0.1, 0.15) is 18.1 Å². The van der Waals surface area contributed by atoms with E-state index in [0.717, 1.165) is 0 Å². The Morgan fingerprint density at radius 2 is 1.45 bits per heavy atom. The Bertz CT molecular complexity index is 460. The number of hydrogen-bond donors (Lipinski definition) is 0. The zero-order valence-corrected chi connectivity index (χ0v) is 9.93. The summed E-state index contributed by atoms with van der Waals surface area (Å²) in [5.74, 6) is -0.898. The minimum atomic E-state index is -5.01. The van der Waals surface area contributed by atoms with Gasteiger partial charge in [0.05, 0.1) is 17.7 Å². The zero-order chi connectivity index (χ0) is 15.6. The maximum absolute atomic E-state index is 12.5. The van der Waals surface area contributed by atoms with E-state index in [9.17, 15) is 31.1 Å². The summed E-state index contributed by atoms with van der Waals surface area (Å²) in [6.07, 6.45) is -11.4. The van der Waals surface area contributed by atoms with E-state index >= 15 is 0 Å². The van der Waals surface area contributed by atoms with Gasteiger partial charge >= 0.3 is 18.5 Å². The molecule has 0 atom stereocenters. The van der Waals surface area contributed by atoms with E-state index in [4.69, 9.17) is 0 Å². The second-order valence-electron chi connectivity index (χ2n) is 3.53. The van der Waals surface area contributed by atoms with Crippen LogP contribution in [0.25, 0.3) is 0 Å². The molecule has 0 unspecified atom stereocenters. The molecular formula is C11H8F6O3. The van der Waals surface area contributed by atoms with Gasteiger partial charge in [0.15, 0.2) is 0 Å². The highest BCUT2D eigenvalue weighted by Gasteiger charge is 2.37. The first-order chi connectivity index (χ1) is 9.04. The van der Waals surface area contributed by atoms with Crippen molar-refractivity contribution in [3.63, 3.8) is 0 Å². The van der Waals surface area contributed by atoms with Crippen molar-refractivity contribution in [1.29, 1.82) is 0 Å². The lowest BCUT2D eigenvalue weighted by atomic mass is 10.1. The second kappa shape index (κ2) is 5.59. The Hall–Kier alpha value is -1.93. The van der Waals surface area contributed by atoms with Crippen LogP contribution in [-0.2, 0) is 17.1 Å². The van der Waals surface area contributed by atoms with Gasteiger partial charge < -0.3 is 9.47 Å². The highest BCUT2D eigenvalue weighted by molar-refractivity contribution is 5.64. The fraction of sp³-hybridized carbons (Fsp3) is 0.364. The van der Waals surface area contributed by atoms with Crippen molar-refractivity contribution in [2.75, 3.05) is 6.61 Å². The average molecular weight is 302 g/mol. The van der Waals surface area contributed by atoms with E-state index in [-0.39, 0.29) is 24.8 Å². The van der Waals surface area contributed by atoms with Crippen molar-refractivity contribution in [3.8, 4) is 5.75 Å². The Labute approximate surface area is 109 Å². The third kappa shape index (κ3) is 4.32. The molecule has 1 rings (SSSR count). The molecule has 3 nitrogen and oxygen atoms in total. The SMILES string of the molecule is CCOC(=O)Oc1cc(C(F)(F)F)cc(C(F)(F)F)c1. The van der Waals surface area contributed by atoms with Crippen LogP contribution in [0.4, 0.5) is 31.1 Å². The Morgan fingerprint density at radius 3 is 1.80 bits per heavy atom. The molecule has 0 fully saturated rings. The standard InChI is InChI=1S/C11H8F6O3/c1-2-19-9(18)20-8-4-6(10(12,13)14)3-7(5-8)11(15,16)17/h3-5H,2H2,1H3. The van der Waals surface area contributed by atoms with Gasteiger partial charge in [0.2, 0.25) is 0 Å². The summed E-state index contributed by atoms with van der Waals surface area (Å²) in [4.78, 5) is 10.9. The van der Waals surface area contributed by atoms with Crippen molar-refractivity contribution in [1.82, 2.24) is 0 Å². The van der Waals surface area contributed by atoms with Crippen LogP contribution in [0.2, 0.25) is 0 Å². The summed E-state index contributed by atoms with van der Waals surface area (Å²) in [6.45, 7) is 1.26. The number of carbonyl (C=O) groups excluding carboxylic acids is 1. The second-order valence-corrected chi connectivity index (χ2v) is 3.53. The monoisotopic (exact) mass is 302 g/mol. The topological polar surface area (TPSA) is 35.5 Å². The van der Waals surface area contributed by atoms with E-state index < -0.39 is 35.4 Å². The van der Waals surface area contributed by atoms with E-state index in [1.807, 2.05) is 0 Å². The van der Waals surface area contributed by atoms with Gasteiger partial charge in [-0.3, -0.25) is 0 Å². The van der Waals surface area contributed by atoms with Crippen molar-refractivity contribution in [2.45, 2.75) is 19.3 Å². The van der Waals surface area contributed by atoms with E-state index in [0.29, 0.717) is 0 Å². The van der Waals surface area contributed by atoms with Crippen molar-refractivity contribution in [2.24, 2.45) is 0 Å². The summed E-state index contributed by atoms with van der Waals surface area (Å²) in [5, 5.41) is 0. The molecule has 1 aromatic rings. The van der Waals surface area contributed by atoms with Gasteiger partial charge in [0, 0.05) is 0 Å². The molecule has 0 aliphatic rings. The van der Waals surface area contributed by atoms with E-state index in [1.165, 1.54) is 6.92 Å². The van der Waals surface area contributed by atoms with Gasteiger partial charge in [0.1, 0.15) is 5.75 Å². The molecule has 0 aliphatic heterocycles. The molecular weight excluding hydrogens is 294 g/mol. The minimum absolute atomic E-state index is 0.0714. The van der Waals surface area contributed by atoms with Gasteiger partial charge in [0.25, 0.3) is 0 Å². The maximum atomic E-state index is 12.5. The lowest BCUT2D eigenvalue weighted by Crippen LogP contribution is -2.14. The molecule has 0 saturated heterocycles. The third-order valence-electron chi connectivity index (χ3n) is 2.02. The Balaban J connectivity index is 3.21. The fourth-order valence-corrected chi connectivity index (χ4v) is 1.23. The molecule has 20 heavy (non-hydrogen) atoms. The van der Waals surface area contributed by atoms with E-state index in [2.05, 4.69) is 9.47 Å². The largest absolute Gasteiger partial charge is 0.513 e. The first-order valence-corrected chi connectivity index (χ1v) is 5.18. The number of benzene rings is 1. The van der Waals surface area contributed by atoms with Gasteiger partial charge in [-0.2, -0.15) is 26.3 Å². The molecule has 0 aromatic heterocycles. The van der Waals surface area contributed by atoms with Gasteiger partial charge in [-0.25, -0.2) is 4.79 Å². The number of alkyl halides is 6. The summed E-state index contributed by atoms with van der Waals surface area (Å²) < 4.78 is 83.4. The molecule has 0 saturated carbocycles. The fourth-order valence-electron chi connectivity index (χ4n) is 1.23. The van der Waals surface area contributed by atoms with Crippen LogP contribution in [0.3, 0.4) is 0 Å². The lowest BCUT2D eigenvalue weighted by molar-refractivity contribution is -0.143. The van der Waals surface area contributed by atoms with Crippen LogP contribution in [-0.4, -0.2) is 12.8 Å². The molecule has 0 spiro atoms. The first kappa shape index (κ1) is 16.1. The predicted molar refractivity (Wildman–Crippen MR) is 54.1 cm³/mol. The molecule has 0 bridgehead atoms. The van der Waals surface area contributed by atoms with E-state index in [1.54, 1.807) is 0 Å². The quantitative estimate of drug-likeness (QED) is 0.465. The van der Waals surface area contributed by atoms with Gasteiger partial charge in [-0.15, -0.1) is 0 Å². The molecule has 9 heteroatoms. The first-order valence-electron chi connectivity index (χ1n) is 5.18. The average Bonchev–Trinajstić information content (AvgIpc) is 2.26. The predicted octanol–water partition coefficient (Wildman–Crippen LogP) is 4.26. The van der Waals surface area contributed by atoms with Crippen molar-refractivity contribution < 1.29 is 40.6 Å². The molecule has 0 amide bonds. The van der Waals surface area contributed by atoms with Crippen LogP contribution < -0.4 is 4.74 Å². The summed E-state index contributed by atoms with van der Waals surface area (Å²) in [7, 11) is 0. The van der Waals surface area contributed by atoms with Crippen LogP contribution in [0.15, 0.2) is 18.2 Å². The number of carbonyl (C=O) groups is 1. The zero-order valence-electron chi connectivity index (χ0n) is 9.93. The number of hydrogen-bond acceptors (Lipinski definition) is 3. The summed E-state index contributed by atoms with van der Waals surface area (Å²) in [6, 6.07) is 0.496. The van der Waals surface area contributed by atoms with Crippen LogP contribution in [0, 0.1) is 0 Å². The number of ether oxygens (including phenoxy) is 2. The van der Waals surface area contributed by atoms with Crippen molar-refractivity contribution >= 4 is 6.16 Å². The van der Waals surface area contributed by atoms with Gasteiger partial charge in [-0.05, 0) is 25.1 Å². The lowest BCUT2D eigenvalue weighted by Gasteiger charge is -2.13. The molecule has 0 radical (unpaired) electrons. The highest BCUT2D eigenvalue weighted by Crippen LogP contribution is 2.38. The van der Waals surface area contributed by atoms with Crippen LogP contribution in [0.5, 0.6) is 5.75 Å². The smallest absolute Gasteiger partial charge is 0.434 e. The molecule has 0 heterocycles. The molecule has 1 aromatic carbocycles. The number of rotatable bonds is 2. The Morgan fingerprint density at radius 1 is 1.00 bits per heavy atom. The maximum Gasteiger partial charge on any atom is 0.513 e. The summed E-state index contributed by atoms with van der Waals surface area (Å²) >= 11 is 0. The third-order valence-corrected chi connectivity index (χ3v) is 2.02.